The Balaban J connectivity index is 2.78. The number of methoxy groups -OCH3 is 1. The zero-order chi connectivity index (χ0) is 11.3. The van der Waals surface area contributed by atoms with Gasteiger partial charge in [-0.15, -0.1) is 0 Å². The summed E-state index contributed by atoms with van der Waals surface area (Å²) in [5.41, 5.74) is 6.34. The van der Waals surface area contributed by atoms with Gasteiger partial charge in [0.05, 0.1) is 6.10 Å². The summed E-state index contributed by atoms with van der Waals surface area (Å²) in [6.07, 6.45) is 0.839. The van der Waals surface area contributed by atoms with Crippen molar-refractivity contribution in [2.45, 2.75) is 25.4 Å². The van der Waals surface area contributed by atoms with E-state index in [2.05, 4.69) is 0 Å². The van der Waals surface area contributed by atoms with Crippen LogP contribution in [-0.2, 0) is 4.74 Å². The molecule has 2 atom stereocenters. The van der Waals surface area contributed by atoms with Crippen molar-refractivity contribution < 1.29 is 9.13 Å². The van der Waals surface area contributed by atoms with Crippen molar-refractivity contribution in [3.8, 4) is 0 Å². The number of nitrogens with two attached hydrogens (primary N) is 1. The van der Waals surface area contributed by atoms with Gasteiger partial charge in [-0.3, -0.25) is 0 Å². The van der Waals surface area contributed by atoms with E-state index in [1.807, 2.05) is 13.0 Å². The SMILES string of the molecule is COC(C)CC(CN)c1ccccc1F. The molecule has 15 heavy (non-hydrogen) atoms. The lowest BCUT2D eigenvalue weighted by Gasteiger charge is -2.19. The monoisotopic (exact) mass is 211 g/mol. The quantitative estimate of drug-likeness (QED) is 0.811. The summed E-state index contributed by atoms with van der Waals surface area (Å²) in [6, 6.07) is 6.77. The van der Waals surface area contributed by atoms with E-state index in [1.165, 1.54) is 6.07 Å². The molecule has 0 aliphatic heterocycles. The summed E-state index contributed by atoms with van der Waals surface area (Å²) < 4.78 is 18.7. The molecule has 84 valence electrons. The molecule has 1 rings (SSSR count). The van der Waals surface area contributed by atoms with E-state index in [-0.39, 0.29) is 17.8 Å². The first-order valence-corrected chi connectivity index (χ1v) is 5.16. The molecule has 2 N–H and O–H groups in total. The molecule has 2 nitrogen and oxygen atoms in total. The van der Waals surface area contributed by atoms with Crippen LogP contribution in [0.25, 0.3) is 0 Å². The van der Waals surface area contributed by atoms with E-state index in [0.717, 1.165) is 6.42 Å². The summed E-state index contributed by atoms with van der Waals surface area (Å²) in [4.78, 5) is 0. The predicted octanol–water partition coefficient (Wildman–Crippen LogP) is 2.29. The Morgan fingerprint density at radius 2 is 2.07 bits per heavy atom. The maximum Gasteiger partial charge on any atom is 0.126 e. The van der Waals surface area contributed by atoms with Gasteiger partial charge in [-0.2, -0.15) is 0 Å². The molecule has 1 aromatic rings. The van der Waals surface area contributed by atoms with Crippen LogP contribution in [0.3, 0.4) is 0 Å². The molecule has 1 aromatic carbocycles. The molecular formula is C12H18FNO. The molecule has 0 saturated heterocycles. The lowest BCUT2D eigenvalue weighted by Crippen LogP contribution is -2.19. The van der Waals surface area contributed by atoms with Gasteiger partial charge in [-0.05, 0) is 31.5 Å². The number of rotatable bonds is 5. The smallest absolute Gasteiger partial charge is 0.126 e. The van der Waals surface area contributed by atoms with E-state index < -0.39 is 0 Å². The zero-order valence-corrected chi connectivity index (χ0v) is 9.24. The highest BCUT2D eigenvalue weighted by Crippen LogP contribution is 2.23. The Morgan fingerprint density at radius 1 is 1.40 bits per heavy atom. The van der Waals surface area contributed by atoms with Gasteiger partial charge in [-0.25, -0.2) is 4.39 Å². The third-order valence-electron chi connectivity index (χ3n) is 2.65. The third kappa shape index (κ3) is 3.29. The van der Waals surface area contributed by atoms with Crippen molar-refractivity contribution in [1.29, 1.82) is 0 Å². The summed E-state index contributed by atoms with van der Waals surface area (Å²) in [5.74, 6) is -0.155. The Hall–Kier alpha value is -0.930. The van der Waals surface area contributed by atoms with Gasteiger partial charge in [-0.1, -0.05) is 18.2 Å². The normalized spacial score (nSPS) is 14.9. The van der Waals surface area contributed by atoms with Crippen molar-refractivity contribution in [3.05, 3.63) is 35.6 Å². The minimum Gasteiger partial charge on any atom is -0.382 e. The predicted molar refractivity (Wildman–Crippen MR) is 59.3 cm³/mol. The highest BCUT2D eigenvalue weighted by Gasteiger charge is 2.16. The van der Waals surface area contributed by atoms with Gasteiger partial charge in [0.25, 0.3) is 0 Å². The highest BCUT2D eigenvalue weighted by molar-refractivity contribution is 5.22. The van der Waals surface area contributed by atoms with E-state index in [0.29, 0.717) is 12.1 Å². The van der Waals surface area contributed by atoms with Crippen LogP contribution in [0, 0.1) is 5.82 Å². The molecule has 0 saturated carbocycles. The van der Waals surface area contributed by atoms with E-state index in [9.17, 15) is 4.39 Å². The largest absolute Gasteiger partial charge is 0.382 e. The number of benzene rings is 1. The lowest BCUT2D eigenvalue weighted by molar-refractivity contribution is 0.104. The summed E-state index contributed by atoms with van der Waals surface area (Å²) in [5, 5.41) is 0. The van der Waals surface area contributed by atoms with Crippen LogP contribution >= 0.6 is 0 Å². The number of hydrogen-bond acceptors (Lipinski definition) is 2. The maximum atomic E-state index is 13.5. The average molecular weight is 211 g/mol. The average Bonchev–Trinajstić information content (AvgIpc) is 2.26. The molecular weight excluding hydrogens is 193 g/mol. The van der Waals surface area contributed by atoms with Crippen LogP contribution in [0.1, 0.15) is 24.8 Å². The topological polar surface area (TPSA) is 35.2 Å². The molecule has 0 radical (unpaired) electrons. The van der Waals surface area contributed by atoms with Gasteiger partial charge in [0, 0.05) is 13.0 Å². The first-order valence-electron chi connectivity index (χ1n) is 5.16. The maximum absolute atomic E-state index is 13.5. The zero-order valence-electron chi connectivity index (χ0n) is 9.24. The molecule has 2 unspecified atom stereocenters. The molecule has 0 heterocycles. The minimum atomic E-state index is -0.184. The van der Waals surface area contributed by atoms with Crippen LogP contribution in [0.2, 0.25) is 0 Å². The van der Waals surface area contributed by atoms with Crippen molar-refractivity contribution in [3.63, 3.8) is 0 Å². The Bertz CT molecular complexity index is 303. The number of ether oxygens (including phenoxy) is 1. The minimum absolute atomic E-state index is 0.0288. The molecule has 0 aliphatic rings. The van der Waals surface area contributed by atoms with Gasteiger partial charge >= 0.3 is 0 Å². The van der Waals surface area contributed by atoms with Crippen LogP contribution < -0.4 is 5.73 Å². The summed E-state index contributed by atoms with van der Waals surface area (Å²) in [6.45, 7) is 2.40. The molecule has 0 spiro atoms. The summed E-state index contributed by atoms with van der Waals surface area (Å²) in [7, 11) is 1.65. The van der Waals surface area contributed by atoms with Gasteiger partial charge < -0.3 is 10.5 Å². The molecule has 0 aliphatic carbocycles. The Morgan fingerprint density at radius 3 is 2.60 bits per heavy atom. The highest BCUT2D eigenvalue weighted by atomic mass is 19.1. The van der Waals surface area contributed by atoms with Crippen LogP contribution in [0.5, 0.6) is 0 Å². The fraction of sp³-hybridized carbons (Fsp3) is 0.500. The second-order valence-corrected chi connectivity index (χ2v) is 3.74. The Labute approximate surface area is 90.2 Å². The number of hydrogen-bond donors (Lipinski definition) is 1. The fourth-order valence-corrected chi connectivity index (χ4v) is 1.65. The van der Waals surface area contributed by atoms with Gasteiger partial charge in [0.15, 0.2) is 0 Å². The first kappa shape index (κ1) is 12.1. The van der Waals surface area contributed by atoms with E-state index in [1.54, 1.807) is 19.2 Å². The van der Waals surface area contributed by atoms with Crippen molar-refractivity contribution >= 4 is 0 Å². The van der Waals surface area contributed by atoms with Gasteiger partial charge in [0.1, 0.15) is 5.82 Å². The van der Waals surface area contributed by atoms with Crippen molar-refractivity contribution in [2.75, 3.05) is 13.7 Å². The van der Waals surface area contributed by atoms with Crippen LogP contribution in [0.15, 0.2) is 24.3 Å². The molecule has 0 aromatic heterocycles. The number of halogens is 1. The van der Waals surface area contributed by atoms with E-state index >= 15 is 0 Å². The Kier molecular flexibility index (Phi) is 4.72. The second-order valence-electron chi connectivity index (χ2n) is 3.74. The molecule has 0 amide bonds. The first-order chi connectivity index (χ1) is 7.19. The van der Waals surface area contributed by atoms with Crippen LogP contribution in [-0.4, -0.2) is 19.8 Å². The van der Waals surface area contributed by atoms with Crippen molar-refractivity contribution in [2.24, 2.45) is 5.73 Å². The molecule has 3 heteroatoms. The van der Waals surface area contributed by atoms with Gasteiger partial charge in [0.2, 0.25) is 0 Å². The molecule has 0 bridgehead atoms. The van der Waals surface area contributed by atoms with Crippen molar-refractivity contribution in [1.82, 2.24) is 0 Å². The third-order valence-corrected chi connectivity index (χ3v) is 2.65. The fourth-order valence-electron chi connectivity index (χ4n) is 1.65. The second kappa shape index (κ2) is 5.83. The van der Waals surface area contributed by atoms with Crippen LogP contribution in [0.4, 0.5) is 4.39 Å². The lowest BCUT2D eigenvalue weighted by atomic mass is 9.93. The van der Waals surface area contributed by atoms with E-state index in [4.69, 9.17) is 10.5 Å². The standard InChI is InChI=1S/C12H18FNO/c1-9(15-2)7-10(8-14)11-5-3-4-6-12(11)13/h3-6,9-10H,7-8,14H2,1-2H3. The molecule has 0 fully saturated rings. The summed E-state index contributed by atoms with van der Waals surface area (Å²) >= 11 is 0.